The lowest BCUT2D eigenvalue weighted by molar-refractivity contribution is 0.0677. The monoisotopic (exact) mass is 338 g/mol. The quantitative estimate of drug-likeness (QED) is 0.889. The third-order valence-electron chi connectivity index (χ3n) is 4.21. The van der Waals surface area contributed by atoms with E-state index in [-0.39, 0.29) is 12.7 Å². The average Bonchev–Trinajstić information content (AvgIpc) is 3.13. The van der Waals surface area contributed by atoms with Gasteiger partial charge in [-0.3, -0.25) is 0 Å². The van der Waals surface area contributed by atoms with Gasteiger partial charge in [0.05, 0.1) is 6.10 Å². The zero-order valence-electron chi connectivity index (χ0n) is 13.6. The summed E-state index contributed by atoms with van der Waals surface area (Å²) >= 11 is 0. The largest absolute Gasteiger partial charge is 0.491 e. The van der Waals surface area contributed by atoms with Gasteiger partial charge < -0.3 is 24.4 Å². The number of hydrogen-bond donors (Lipinski definition) is 1. The minimum absolute atomic E-state index is 0.0827. The first-order valence-corrected chi connectivity index (χ1v) is 8.37. The van der Waals surface area contributed by atoms with Gasteiger partial charge in [0.2, 0.25) is 0 Å². The van der Waals surface area contributed by atoms with Crippen LogP contribution in [0.4, 0.5) is 9.18 Å². The predicted molar refractivity (Wildman–Crippen MR) is 85.5 cm³/mol. The summed E-state index contributed by atoms with van der Waals surface area (Å²) in [5.41, 5.74) is 0.336. The standard InChI is InChI=1S/C17H23FN2O4/c18-16-10-14(23-12-15-2-1-9-22-15)4-3-13(16)11-24-17(21)20-7-5-19-6-8-20/h3-4,10,15,19H,1-2,5-9,11-12H2. The first-order chi connectivity index (χ1) is 11.7. The molecule has 1 aromatic carbocycles. The van der Waals surface area contributed by atoms with Crippen LogP contribution in [0.2, 0.25) is 0 Å². The Morgan fingerprint density at radius 1 is 1.38 bits per heavy atom. The normalized spacial score (nSPS) is 20.9. The molecule has 2 saturated heterocycles. The molecule has 132 valence electrons. The summed E-state index contributed by atoms with van der Waals surface area (Å²) in [4.78, 5) is 13.5. The second kappa shape index (κ2) is 8.30. The third kappa shape index (κ3) is 4.58. The first kappa shape index (κ1) is 17.0. The zero-order valence-corrected chi connectivity index (χ0v) is 13.6. The van der Waals surface area contributed by atoms with Crippen LogP contribution in [0.5, 0.6) is 5.75 Å². The van der Waals surface area contributed by atoms with Crippen LogP contribution in [0.15, 0.2) is 18.2 Å². The molecule has 1 unspecified atom stereocenters. The van der Waals surface area contributed by atoms with Gasteiger partial charge in [-0.25, -0.2) is 9.18 Å². The Bertz CT molecular complexity index is 558. The molecule has 24 heavy (non-hydrogen) atoms. The van der Waals surface area contributed by atoms with E-state index < -0.39 is 11.9 Å². The van der Waals surface area contributed by atoms with Gasteiger partial charge in [-0.1, -0.05) is 0 Å². The van der Waals surface area contributed by atoms with E-state index in [0.717, 1.165) is 32.5 Å². The van der Waals surface area contributed by atoms with Crippen molar-refractivity contribution in [3.8, 4) is 5.75 Å². The lowest BCUT2D eigenvalue weighted by Gasteiger charge is -2.26. The minimum Gasteiger partial charge on any atom is -0.491 e. The fourth-order valence-corrected chi connectivity index (χ4v) is 2.78. The van der Waals surface area contributed by atoms with Crippen molar-refractivity contribution < 1.29 is 23.4 Å². The average molecular weight is 338 g/mol. The molecule has 6 nitrogen and oxygen atoms in total. The van der Waals surface area contributed by atoms with Crippen LogP contribution in [0.3, 0.4) is 0 Å². The number of benzene rings is 1. The van der Waals surface area contributed by atoms with Crippen molar-refractivity contribution in [2.24, 2.45) is 0 Å². The van der Waals surface area contributed by atoms with Gasteiger partial charge in [-0.15, -0.1) is 0 Å². The highest BCUT2D eigenvalue weighted by Gasteiger charge is 2.19. The minimum atomic E-state index is -0.437. The van der Waals surface area contributed by atoms with Crippen LogP contribution < -0.4 is 10.1 Å². The molecule has 2 aliphatic rings. The van der Waals surface area contributed by atoms with E-state index in [2.05, 4.69) is 5.32 Å². The lowest BCUT2D eigenvalue weighted by atomic mass is 10.2. The molecule has 0 radical (unpaired) electrons. The predicted octanol–water partition coefficient (Wildman–Crippen LogP) is 1.93. The number of amides is 1. The van der Waals surface area contributed by atoms with E-state index in [1.54, 1.807) is 17.0 Å². The summed E-state index contributed by atoms with van der Waals surface area (Å²) in [7, 11) is 0. The van der Waals surface area contributed by atoms with Crippen molar-refractivity contribution in [3.05, 3.63) is 29.6 Å². The van der Waals surface area contributed by atoms with Crippen LogP contribution in [-0.2, 0) is 16.1 Å². The second-order valence-electron chi connectivity index (χ2n) is 5.99. The fourth-order valence-electron chi connectivity index (χ4n) is 2.78. The van der Waals surface area contributed by atoms with Gasteiger partial charge in [0.15, 0.2) is 0 Å². The van der Waals surface area contributed by atoms with Crippen LogP contribution in [-0.4, -0.2) is 56.5 Å². The van der Waals surface area contributed by atoms with Crippen molar-refractivity contribution in [2.45, 2.75) is 25.6 Å². The number of piperazine rings is 1. The van der Waals surface area contributed by atoms with Gasteiger partial charge in [-0.05, 0) is 25.0 Å². The molecule has 1 aromatic rings. The number of halogens is 1. The number of ether oxygens (including phenoxy) is 3. The van der Waals surface area contributed by atoms with Crippen LogP contribution in [0.25, 0.3) is 0 Å². The molecule has 0 aliphatic carbocycles. The maximum atomic E-state index is 14.1. The second-order valence-corrected chi connectivity index (χ2v) is 5.99. The van der Waals surface area contributed by atoms with E-state index in [9.17, 15) is 9.18 Å². The highest BCUT2D eigenvalue weighted by molar-refractivity contribution is 5.67. The number of carbonyl (C=O) groups is 1. The first-order valence-electron chi connectivity index (χ1n) is 8.37. The summed E-state index contributed by atoms with van der Waals surface area (Å²) in [6.45, 7) is 3.83. The number of nitrogens with one attached hydrogen (secondary N) is 1. The van der Waals surface area contributed by atoms with E-state index >= 15 is 0 Å². The third-order valence-corrected chi connectivity index (χ3v) is 4.21. The van der Waals surface area contributed by atoms with Crippen molar-refractivity contribution in [1.29, 1.82) is 0 Å². The van der Waals surface area contributed by atoms with Crippen molar-refractivity contribution in [1.82, 2.24) is 10.2 Å². The summed E-state index contributed by atoms with van der Waals surface area (Å²) in [6, 6.07) is 4.60. The van der Waals surface area contributed by atoms with E-state index in [0.29, 0.717) is 31.0 Å². The molecule has 0 saturated carbocycles. The number of hydrogen-bond acceptors (Lipinski definition) is 5. The molecule has 1 atom stereocenters. The van der Waals surface area contributed by atoms with Crippen LogP contribution >= 0.6 is 0 Å². The smallest absolute Gasteiger partial charge is 0.410 e. The molecular formula is C17H23FN2O4. The summed E-state index contributed by atoms with van der Waals surface area (Å²) in [5, 5.41) is 3.16. The van der Waals surface area contributed by atoms with E-state index in [4.69, 9.17) is 14.2 Å². The van der Waals surface area contributed by atoms with Crippen molar-refractivity contribution in [3.63, 3.8) is 0 Å². The Labute approximate surface area is 140 Å². The fraction of sp³-hybridized carbons (Fsp3) is 0.588. The van der Waals surface area contributed by atoms with Gasteiger partial charge in [-0.2, -0.15) is 0 Å². The molecule has 2 heterocycles. The molecule has 0 aromatic heterocycles. The van der Waals surface area contributed by atoms with E-state index in [1.807, 2.05) is 0 Å². The molecule has 2 aliphatic heterocycles. The molecule has 2 fully saturated rings. The number of rotatable bonds is 5. The molecule has 7 heteroatoms. The molecule has 1 amide bonds. The number of carbonyl (C=O) groups excluding carboxylic acids is 1. The lowest BCUT2D eigenvalue weighted by Crippen LogP contribution is -2.46. The van der Waals surface area contributed by atoms with Crippen molar-refractivity contribution >= 4 is 6.09 Å². The maximum Gasteiger partial charge on any atom is 0.410 e. The van der Waals surface area contributed by atoms with Gasteiger partial charge in [0.1, 0.15) is 24.8 Å². The molecular weight excluding hydrogens is 315 g/mol. The van der Waals surface area contributed by atoms with Gasteiger partial charge in [0.25, 0.3) is 0 Å². The van der Waals surface area contributed by atoms with Gasteiger partial charge in [0, 0.05) is 44.4 Å². The Kier molecular flexibility index (Phi) is 5.87. The Morgan fingerprint density at radius 3 is 2.92 bits per heavy atom. The summed E-state index contributed by atoms with van der Waals surface area (Å²) in [5.74, 6) is 0.0214. The SMILES string of the molecule is O=C(OCc1ccc(OCC2CCCO2)cc1F)N1CCNCC1. The van der Waals surface area contributed by atoms with Crippen LogP contribution in [0.1, 0.15) is 18.4 Å². The highest BCUT2D eigenvalue weighted by atomic mass is 19.1. The topological polar surface area (TPSA) is 60.0 Å². The van der Waals surface area contributed by atoms with E-state index in [1.165, 1.54) is 6.07 Å². The Hall–Kier alpha value is -1.86. The Morgan fingerprint density at radius 2 is 2.21 bits per heavy atom. The summed E-state index contributed by atoms with van der Waals surface area (Å²) < 4.78 is 30.3. The van der Waals surface area contributed by atoms with Crippen LogP contribution in [0, 0.1) is 5.82 Å². The maximum absolute atomic E-state index is 14.1. The van der Waals surface area contributed by atoms with Crippen molar-refractivity contribution in [2.75, 3.05) is 39.4 Å². The molecule has 1 N–H and O–H groups in total. The Balaban J connectivity index is 1.47. The highest BCUT2D eigenvalue weighted by Crippen LogP contribution is 2.20. The summed E-state index contributed by atoms with van der Waals surface area (Å²) in [6.07, 6.45) is 1.70. The zero-order chi connectivity index (χ0) is 16.8. The molecule has 0 spiro atoms. The van der Waals surface area contributed by atoms with Gasteiger partial charge >= 0.3 is 6.09 Å². The molecule has 3 rings (SSSR count). The molecule has 0 bridgehead atoms. The number of nitrogens with zero attached hydrogens (tertiary/aromatic N) is 1.